The number of carboxylic acid groups (broad SMARTS) is 1. The molecular formula is C16H13ClN2O4. The first kappa shape index (κ1) is 15.2. The van der Waals surface area contributed by atoms with Gasteiger partial charge in [-0.2, -0.15) is 0 Å². The number of ether oxygens (including phenoxy) is 1. The number of benzene rings is 2. The largest absolute Gasteiger partial charge is 0.497 e. The summed E-state index contributed by atoms with van der Waals surface area (Å²) in [5.74, 6) is -0.638. The molecule has 118 valence electrons. The summed E-state index contributed by atoms with van der Waals surface area (Å²) < 4.78 is 6.31. The predicted octanol–water partition coefficient (Wildman–Crippen LogP) is 2.67. The van der Waals surface area contributed by atoms with E-state index in [0.717, 1.165) is 0 Å². The second-order valence-corrected chi connectivity index (χ2v) is 5.42. The maximum Gasteiger partial charge on any atom is 0.331 e. The number of halogens is 1. The summed E-state index contributed by atoms with van der Waals surface area (Å²) in [5, 5.41) is 10.1. The lowest BCUT2D eigenvalue weighted by molar-refractivity contribution is -0.139. The molecule has 0 fully saturated rings. The molecule has 0 bridgehead atoms. The van der Waals surface area contributed by atoms with Gasteiger partial charge >= 0.3 is 11.7 Å². The standard InChI is InChI=1S/C16H13ClN2O4/c1-23-11-4-2-3-9(7-11)14(15(20)21)19-13-8-10(17)5-6-12(13)18-16(19)22/h2-8,14H,1H3,(H,18,22)(H,20,21). The van der Waals surface area contributed by atoms with Crippen molar-refractivity contribution >= 4 is 28.6 Å². The number of hydrogen-bond donors (Lipinski definition) is 2. The first-order valence-electron chi connectivity index (χ1n) is 6.78. The lowest BCUT2D eigenvalue weighted by atomic mass is 10.1. The molecule has 3 rings (SSSR count). The van der Waals surface area contributed by atoms with Crippen molar-refractivity contribution in [1.82, 2.24) is 9.55 Å². The minimum Gasteiger partial charge on any atom is -0.497 e. The number of carbonyl (C=O) groups is 1. The Labute approximate surface area is 135 Å². The van der Waals surface area contributed by atoms with E-state index < -0.39 is 17.7 Å². The lowest BCUT2D eigenvalue weighted by Crippen LogP contribution is -2.28. The molecular weight excluding hydrogens is 320 g/mol. The molecule has 23 heavy (non-hydrogen) atoms. The summed E-state index contributed by atoms with van der Waals surface area (Å²) in [5.41, 5.74) is 0.864. The number of hydrogen-bond acceptors (Lipinski definition) is 3. The summed E-state index contributed by atoms with van der Waals surface area (Å²) in [6.45, 7) is 0. The molecule has 0 radical (unpaired) electrons. The van der Waals surface area contributed by atoms with Crippen LogP contribution in [0.25, 0.3) is 11.0 Å². The van der Waals surface area contributed by atoms with Gasteiger partial charge in [-0.15, -0.1) is 0 Å². The normalized spacial score (nSPS) is 12.3. The lowest BCUT2D eigenvalue weighted by Gasteiger charge is -2.15. The van der Waals surface area contributed by atoms with Crippen LogP contribution in [0.2, 0.25) is 5.02 Å². The Kier molecular flexibility index (Phi) is 3.83. The Balaban J connectivity index is 2.27. The van der Waals surface area contributed by atoms with E-state index in [-0.39, 0.29) is 0 Å². The fourth-order valence-corrected chi connectivity index (χ4v) is 2.73. The highest BCUT2D eigenvalue weighted by atomic mass is 35.5. The van der Waals surface area contributed by atoms with Gasteiger partial charge in [0.1, 0.15) is 5.75 Å². The number of imidazole rings is 1. The van der Waals surface area contributed by atoms with Crippen LogP contribution < -0.4 is 10.4 Å². The second kappa shape index (κ2) is 5.81. The average Bonchev–Trinajstić information content (AvgIpc) is 2.83. The maximum atomic E-state index is 12.3. The molecule has 2 N–H and O–H groups in total. The molecule has 0 spiro atoms. The molecule has 0 aliphatic rings. The van der Waals surface area contributed by atoms with Crippen LogP contribution in [0, 0.1) is 0 Å². The number of aliphatic carboxylic acids is 1. The third kappa shape index (κ3) is 2.68. The average molecular weight is 333 g/mol. The third-order valence-electron chi connectivity index (χ3n) is 3.58. The first-order valence-corrected chi connectivity index (χ1v) is 7.15. The van der Waals surface area contributed by atoms with Crippen molar-refractivity contribution in [3.8, 4) is 5.75 Å². The number of carboxylic acids is 1. The van der Waals surface area contributed by atoms with Gasteiger partial charge in [-0.25, -0.2) is 9.59 Å². The van der Waals surface area contributed by atoms with Crippen molar-refractivity contribution in [1.29, 1.82) is 0 Å². The fourth-order valence-electron chi connectivity index (χ4n) is 2.56. The van der Waals surface area contributed by atoms with E-state index >= 15 is 0 Å². The molecule has 0 saturated carbocycles. The van der Waals surface area contributed by atoms with Crippen LogP contribution in [0.15, 0.2) is 47.3 Å². The summed E-state index contributed by atoms with van der Waals surface area (Å²) in [6, 6.07) is 10.3. The van der Waals surface area contributed by atoms with Crippen molar-refractivity contribution in [2.24, 2.45) is 0 Å². The highest BCUT2D eigenvalue weighted by Crippen LogP contribution is 2.26. The molecule has 0 saturated heterocycles. The van der Waals surface area contributed by atoms with E-state index in [1.165, 1.54) is 11.7 Å². The quantitative estimate of drug-likeness (QED) is 0.769. The van der Waals surface area contributed by atoms with E-state index in [1.807, 2.05) is 0 Å². The summed E-state index contributed by atoms with van der Waals surface area (Å²) in [7, 11) is 1.49. The van der Waals surface area contributed by atoms with Crippen molar-refractivity contribution in [2.45, 2.75) is 6.04 Å². The zero-order chi connectivity index (χ0) is 16.6. The molecule has 1 aromatic heterocycles. The smallest absolute Gasteiger partial charge is 0.331 e. The summed E-state index contributed by atoms with van der Waals surface area (Å²) in [6.07, 6.45) is 0. The zero-order valence-electron chi connectivity index (χ0n) is 12.1. The van der Waals surface area contributed by atoms with Crippen molar-refractivity contribution in [2.75, 3.05) is 7.11 Å². The molecule has 1 unspecified atom stereocenters. The topological polar surface area (TPSA) is 84.3 Å². The van der Waals surface area contributed by atoms with Crippen LogP contribution in [-0.4, -0.2) is 27.7 Å². The van der Waals surface area contributed by atoms with E-state index in [4.69, 9.17) is 16.3 Å². The van der Waals surface area contributed by atoms with Crippen LogP contribution in [0.3, 0.4) is 0 Å². The van der Waals surface area contributed by atoms with Gasteiger partial charge < -0.3 is 14.8 Å². The van der Waals surface area contributed by atoms with Gasteiger partial charge in [-0.3, -0.25) is 4.57 Å². The molecule has 0 amide bonds. The number of nitrogens with zero attached hydrogens (tertiary/aromatic N) is 1. The van der Waals surface area contributed by atoms with Crippen LogP contribution in [0.4, 0.5) is 0 Å². The number of H-pyrrole nitrogens is 1. The fraction of sp³-hybridized carbons (Fsp3) is 0.125. The van der Waals surface area contributed by atoms with Gasteiger partial charge in [-0.1, -0.05) is 23.7 Å². The SMILES string of the molecule is COc1cccc(C(C(=O)O)n2c(=O)[nH]c3ccc(Cl)cc32)c1. The summed E-state index contributed by atoms with van der Waals surface area (Å²) in [4.78, 5) is 26.8. The van der Waals surface area contributed by atoms with Gasteiger partial charge in [0.2, 0.25) is 0 Å². The Bertz CT molecular complexity index is 945. The number of nitrogens with one attached hydrogen (secondary N) is 1. The van der Waals surface area contributed by atoms with Crippen molar-refractivity contribution < 1.29 is 14.6 Å². The molecule has 6 nitrogen and oxygen atoms in total. The van der Waals surface area contributed by atoms with Crippen LogP contribution >= 0.6 is 11.6 Å². The molecule has 2 aromatic carbocycles. The summed E-state index contributed by atoms with van der Waals surface area (Å²) >= 11 is 5.98. The third-order valence-corrected chi connectivity index (χ3v) is 3.82. The predicted molar refractivity (Wildman–Crippen MR) is 86.3 cm³/mol. The maximum absolute atomic E-state index is 12.3. The first-order chi connectivity index (χ1) is 11.0. The van der Waals surface area contributed by atoms with Crippen molar-refractivity contribution in [3.05, 3.63) is 63.5 Å². The monoisotopic (exact) mass is 332 g/mol. The molecule has 0 aliphatic heterocycles. The number of aromatic nitrogens is 2. The second-order valence-electron chi connectivity index (χ2n) is 4.98. The Morgan fingerprint density at radius 2 is 2.09 bits per heavy atom. The van der Waals surface area contributed by atoms with Crippen molar-refractivity contribution in [3.63, 3.8) is 0 Å². The van der Waals surface area contributed by atoms with Gasteiger partial charge in [0.25, 0.3) is 0 Å². The Hall–Kier alpha value is -2.73. The van der Waals surface area contributed by atoms with Gasteiger partial charge in [0.15, 0.2) is 6.04 Å². The highest BCUT2D eigenvalue weighted by molar-refractivity contribution is 6.31. The van der Waals surface area contributed by atoms with Crippen LogP contribution in [-0.2, 0) is 4.79 Å². The van der Waals surface area contributed by atoms with Gasteiger partial charge in [0.05, 0.1) is 18.1 Å². The van der Waals surface area contributed by atoms with Gasteiger partial charge in [0, 0.05) is 5.02 Å². The molecule has 0 aliphatic carbocycles. The number of aromatic amines is 1. The number of methoxy groups -OCH3 is 1. The minimum absolute atomic E-state index is 0.417. The molecule has 7 heteroatoms. The molecule has 1 atom stereocenters. The minimum atomic E-state index is -1.19. The van der Waals surface area contributed by atoms with Crippen LogP contribution in [0.5, 0.6) is 5.75 Å². The Morgan fingerprint density at radius 3 is 2.78 bits per heavy atom. The number of rotatable bonds is 4. The number of fused-ring (bicyclic) bond motifs is 1. The van der Waals surface area contributed by atoms with E-state index in [9.17, 15) is 14.7 Å². The highest BCUT2D eigenvalue weighted by Gasteiger charge is 2.26. The van der Waals surface area contributed by atoms with E-state index in [0.29, 0.717) is 27.4 Å². The molecule has 1 heterocycles. The zero-order valence-corrected chi connectivity index (χ0v) is 12.9. The Morgan fingerprint density at radius 1 is 1.30 bits per heavy atom. The van der Waals surface area contributed by atoms with Crippen LogP contribution in [0.1, 0.15) is 11.6 Å². The van der Waals surface area contributed by atoms with E-state index in [1.54, 1.807) is 42.5 Å². The van der Waals surface area contributed by atoms with Gasteiger partial charge in [-0.05, 0) is 35.9 Å². The molecule has 3 aromatic rings. The van der Waals surface area contributed by atoms with E-state index in [2.05, 4.69) is 4.98 Å².